The summed E-state index contributed by atoms with van der Waals surface area (Å²) in [7, 11) is 0. The smallest absolute Gasteiger partial charge is 0.0575 e. The lowest BCUT2D eigenvalue weighted by Gasteiger charge is -2.23. The molecule has 0 aromatic heterocycles. The number of rotatable bonds is 3. The van der Waals surface area contributed by atoms with Crippen LogP contribution in [0.25, 0.3) is 0 Å². The van der Waals surface area contributed by atoms with E-state index in [0.717, 1.165) is 31.9 Å². The van der Waals surface area contributed by atoms with E-state index >= 15 is 0 Å². The Bertz CT molecular complexity index is 195. The molecular formula is C12H23NO. The van der Waals surface area contributed by atoms with Crippen molar-refractivity contribution in [3.05, 3.63) is 0 Å². The van der Waals surface area contributed by atoms with Crippen LogP contribution in [0.3, 0.4) is 0 Å². The first-order valence-corrected chi connectivity index (χ1v) is 6.06. The summed E-state index contributed by atoms with van der Waals surface area (Å²) in [6.07, 6.45) is 8.13. The molecule has 1 aliphatic heterocycles. The fourth-order valence-electron chi connectivity index (χ4n) is 2.78. The molecule has 2 rings (SSSR count). The highest BCUT2D eigenvalue weighted by Gasteiger charge is 2.49. The van der Waals surface area contributed by atoms with Crippen LogP contribution in [0.15, 0.2) is 0 Å². The van der Waals surface area contributed by atoms with E-state index in [1.165, 1.54) is 25.7 Å². The molecule has 0 bridgehead atoms. The summed E-state index contributed by atoms with van der Waals surface area (Å²) < 4.78 is 5.87. The average Bonchev–Trinajstić information content (AvgIpc) is 2.77. The molecule has 1 saturated heterocycles. The maximum absolute atomic E-state index is 5.87. The predicted octanol–water partition coefficient (Wildman–Crippen LogP) is 2.32. The molecule has 0 aromatic rings. The van der Waals surface area contributed by atoms with E-state index in [1.54, 1.807) is 0 Å². The molecule has 2 nitrogen and oxygen atoms in total. The van der Waals surface area contributed by atoms with Gasteiger partial charge in [0.15, 0.2) is 0 Å². The minimum atomic E-state index is 0.497. The van der Waals surface area contributed by atoms with Crippen molar-refractivity contribution in [3.8, 4) is 0 Å². The molecule has 2 fully saturated rings. The van der Waals surface area contributed by atoms with Crippen molar-refractivity contribution in [2.45, 2.75) is 51.6 Å². The van der Waals surface area contributed by atoms with Gasteiger partial charge in [-0.05, 0) is 56.4 Å². The monoisotopic (exact) mass is 197 g/mol. The van der Waals surface area contributed by atoms with E-state index in [1.807, 2.05) is 0 Å². The Labute approximate surface area is 87.2 Å². The fourth-order valence-corrected chi connectivity index (χ4v) is 2.78. The van der Waals surface area contributed by atoms with Crippen molar-refractivity contribution in [1.82, 2.24) is 0 Å². The highest BCUT2D eigenvalue weighted by atomic mass is 16.5. The van der Waals surface area contributed by atoms with Crippen molar-refractivity contribution < 1.29 is 4.74 Å². The highest BCUT2D eigenvalue weighted by molar-refractivity contribution is 4.99. The SMILES string of the molecule is CC12CCC(CCCN)OCCC1C2. The molecule has 0 amide bonds. The van der Waals surface area contributed by atoms with Gasteiger partial charge >= 0.3 is 0 Å². The Morgan fingerprint density at radius 2 is 2.29 bits per heavy atom. The lowest BCUT2D eigenvalue weighted by Crippen LogP contribution is -2.20. The molecule has 2 N–H and O–H groups in total. The maximum Gasteiger partial charge on any atom is 0.0575 e. The highest BCUT2D eigenvalue weighted by Crippen LogP contribution is 2.58. The largest absolute Gasteiger partial charge is 0.378 e. The van der Waals surface area contributed by atoms with Crippen LogP contribution < -0.4 is 5.73 Å². The number of nitrogens with two attached hydrogens (primary N) is 1. The predicted molar refractivity (Wildman–Crippen MR) is 58.1 cm³/mol. The summed E-state index contributed by atoms with van der Waals surface area (Å²) in [6.45, 7) is 4.23. The van der Waals surface area contributed by atoms with Gasteiger partial charge in [-0.2, -0.15) is 0 Å². The molecule has 14 heavy (non-hydrogen) atoms. The normalized spacial score (nSPS) is 42.4. The Balaban J connectivity index is 1.77. The molecule has 0 spiro atoms. The topological polar surface area (TPSA) is 35.2 Å². The van der Waals surface area contributed by atoms with E-state index in [-0.39, 0.29) is 0 Å². The van der Waals surface area contributed by atoms with Gasteiger partial charge in [-0.15, -0.1) is 0 Å². The zero-order valence-corrected chi connectivity index (χ0v) is 9.30. The Morgan fingerprint density at radius 1 is 1.43 bits per heavy atom. The van der Waals surface area contributed by atoms with Gasteiger partial charge in [-0.25, -0.2) is 0 Å². The summed E-state index contributed by atoms with van der Waals surface area (Å²) in [5.41, 5.74) is 6.21. The lowest BCUT2D eigenvalue weighted by atomic mass is 9.94. The second-order valence-electron chi connectivity index (χ2n) is 5.31. The number of ether oxygens (including phenoxy) is 1. The Morgan fingerprint density at radius 3 is 3.07 bits per heavy atom. The van der Waals surface area contributed by atoms with Crippen molar-refractivity contribution in [1.29, 1.82) is 0 Å². The third-order valence-corrected chi connectivity index (χ3v) is 4.13. The minimum Gasteiger partial charge on any atom is -0.378 e. The van der Waals surface area contributed by atoms with Crippen molar-refractivity contribution in [3.63, 3.8) is 0 Å². The standard InChI is InChI=1S/C12H23NO/c1-12-6-4-11(3-2-7-13)14-8-5-10(12)9-12/h10-11H,2-9,13H2,1H3. The Kier molecular flexibility index (Phi) is 3.13. The molecule has 0 radical (unpaired) electrons. The first-order chi connectivity index (χ1) is 6.74. The second kappa shape index (κ2) is 4.19. The van der Waals surface area contributed by atoms with Gasteiger partial charge in [0.2, 0.25) is 0 Å². The van der Waals surface area contributed by atoms with Crippen LogP contribution in [0.1, 0.15) is 45.4 Å². The zero-order chi connectivity index (χ0) is 10.0. The molecule has 0 aromatic carbocycles. The van der Waals surface area contributed by atoms with Crippen LogP contribution in [-0.4, -0.2) is 19.3 Å². The molecule has 1 saturated carbocycles. The molecule has 2 aliphatic rings. The minimum absolute atomic E-state index is 0.497. The summed E-state index contributed by atoms with van der Waals surface area (Å²) in [4.78, 5) is 0. The van der Waals surface area contributed by atoms with E-state index in [2.05, 4.69) is 6.92 Å². The molecule has 1 aliphatic carbocycles. The number of fused-ring (bicyclic) bond motifs is 1. The lowest BCUT2D eigenvalue weighted by molar-refractivity contribution is 0.0216. The molecule has 1 heterocycles. The quantitative estimate of drug-likeness (QED) is 0.753. The summed E-state index contributed by atoms with van der Waals surface area (Å²) in [6, 6.07) is 0. The maximum atomic E-state index is 5.87. The van der Waals surface area contributed by atoms with E-state index in [0.29, 0.717) is 11.5 Å². The fraction of sp³-hybridized carbons (Fsp3) is 1.00. The Hall–Kier alpha value is -0.0800. The zero-order valence-electron chi connectivity index (χ0n) is 9.30. The van der Waals surface area contributed by atoms with E-state index in [4.69, 9.17) is 10.5 Å². The van der Waals surface area contributed by atoms with E-state index in [9.17, 15) is 0 Å². The van der Waals surface area contributed by atoms with Crippen molar-refractivity contribution in [2.75, 3.05) is 13.2 Å². The third kappa shape index (κ3) is 2.29. The van der Waals surface area contributed by atoms with Gasteiger partial charge in [0.05, 0.1) is 6.10 Å². The molecule has 2 heteroatoms. The summed E-state index contributed by atoms with van der Waals surface area (Å²) in [5.74, 6) is 0.970. The number of hydrogen-bond donors (Lipinski definition) is 1. The summed E-state index contributed by atoms with van der Waals surface area (Å²) in [5, 5.41) is 0. The van der Waals surface area contributed by atoms with Crippen LogP contribution in [0, 0.1) is 11.3 Å². The van der Waals surface area contributed by atoms with Gasteiger partial charge in [0.25, 0.3) is 0 Å². The van der Waals surface area contributed by atoms with Gasteiger partial charge in [0.1, 0.15) is 0 Å². The average molecular weight is 197 g/mol. The van der Waals surface area contributed by atoms with Crippen molar-refractivity contribution >= 4 is 0 Å². The van der Waals surface area contributed by atoms with E-state index < -0.39 is 0 Å². The molecule has 82 valence electrons. The first-order valence-electron chi connectivity index (χ1n) is 6.06. The summed E-state index contributed by atoms with van der Waals surface area (Å²) >= 11 is 0. The van der Waals surface area contributed by atoms with Crippen LogP contribution in [-0.2, 0) is 4.74 Å². The van der Waals surface area contributed by atoms with Crippen LogP contribution in [0.5, 0.6) is 0 Å². The van der Waals surface area contributed by atoms with Gasteiger partial charge in [0, 0.05) is 6.61 Å². The van der Waals surface area contributed by atoms with Crippen LogP contribution in [0.4, 0.5) is 0 Å². The first kappa shape index (κ1) is 10.4. The molecule has 3 atom stereocenters. The van der Waals surface area contributed by atoms with Gasteiger partial charge < -0.3 is 10.5 Å². The van der Waals surface area contributed by atoms with Gasteiger partial charge in [-0.3, -0.25) is 0 Å². The number of hydrogen-bond acceptors (Lipinski definition) is 2. The third-order valence-electron chi connectivity index (χ3n) is 4.13. The van der Waals surface area contributed by atoms with Crippen LogP contribution in [0.2, 0.25) is 0 Å². The van der Waals surface area contributed by atoms with Crippen molar-refractivity contribution in [2.24, 2.45) is 17.1 Å². The van der Waals surface area contributed by atoms with Crippen LogP contribution >= 0.6 is 0 Å². The molecule has 3 unspecified atom stereocenters. The molecular weight excluding hydrogens is 174 g/mol. The van der Waals surface area contributed by atoms with Gasteiger partial charge in [-0.1, -0.05) is 6.92 Å². The second-order valence-corrected chi connectivity index (χ2v) is 5.31.